The minimum Gasteiger partial charge on any atom is -0.496 e. The van der Waals surface area contributed by atoms with Gasteiger partial charge in [0.2, 0.25) is 0 Å². The molecular formula is C20H24N2O2. The van der Waals surface area contributed by atoms with Gasteiger partial charge in [-0.1, -0.05) is 42.0 Å². The Bertz CT molecular complexity index is 727. The lowest BCUT2D eigenvalue weighted by molar-refractivity contribution is 0.192. The SMILES string of the molecule is COc1ccc(C)cc1CCNC(=O)N1CCc2ccccc2C1. The molecule has 4 heteroatoms. The standard InChI is InChI=1S/C20H24N2O2/c1-15-7-8-19(24-2)17(13-15)9-11-21-20(23)22-12-10-16-5-3-4-6-18(16)14-22/h3-8,13H,9-12,14H2,1-2H3,(H,21,23). The molecule has 126 valence electrons. The second-order valence-corrected chi connectivity index (χ2v) is 6.24. The largest absolute Gasteiger partial charge is 0.496 e. The topological polar surface area (TPSA) is 41.6 Å². The average Bonchev–Trinajstić information content (AvgIpc) is 2.61. The molecule has 0 spiro atoms. The maximum Gasteiger partial charge on any atom is 0.317 e. The fourth-order valence-electron chi connectivity index (χ4n) is 3.19. The van der Waals surface area contributed by atoms with Crippen molar-refractivity contribution in [2.45, 2.75) is 26.3 Å². The number of carbonyl (C=O) groups is 1. The first kappa shape index (κ1) is 16.4. The summed E-state index contributed by atoms with van der Waals surface area (Å²) in [5.41, 5.74) is 4.93. The quantitative estimate of drug-likeness (QED) is 0.937. The van der Waals surface area contributed by atoms with Crippen molar-refractivity contribution in [3.63, 3.8) is 0 Å². The van der Waals surface area contributed by atoms with Gasteiger partial charge in [-0.15, -0.1) is 0 Å². The van der Waals surface area contributed by atoms with Crippen molar-refractivity contribution in [3.8, 4) is 5.75 Å². The van der Waals surface area contributed by atoms with E-state index in [2.05, 4.69) is 36.5 Å². The molecule has 4 nitrogen and oxygen atoms in total. The first-order chi connectivity index (χ1) is 11.7. The van der Waals surface area contributed by atoms with Crippen LogP contribution >= 0.6 is 0 Å². The molecule has 0 radical (unpaired) electrons. The highest BCUT2D eigenvalue weighted by atomic mass is 16.5. The van der Waals surface area contributed by atoms with Gasteiger partial charge in [0.25, 0.3) is 0 Å². The normalized spacial score (nSPS) is 13.3. The summed E-state index contributed by atoms with van der Waals surface area (Å²) in [5.74, 6) is 0.877. The van der Waals surface area contributed by atoms with Crippen LogP contribution in [0.25, 0.3) is 0 Å². The first-order valence-corrected chi connectivity index (χ1v) is 8.40. The highest BCUT2D eigenvalue weighted by Gasteiger charge is 2.19. The van der Waals surface area contributed by atoms with E-state index in [1.54, 1.807) is 7.11 Å². The number of rotatable bonds is 4. The third-order valence-electron chi connectivity index (χ3n) is 4.52. The Morgan fingerprint density at radius 3 is 2.79 bits per heavy atom. The number of nitrogens with zero attached hydrogens (tertiary/aromatic N) is 1. The third-order valence-corrected chi connectivity index (χ3v) is 4.52. The van der Waals surface area contributed by atoms with Gasteiger partial charge in [0, 0.05) is 19.6 Å². The maximum absolute atomic E-state index is 12.4. The van der Waals surface area contributed by atoms with Gasteiger partial charge >= 0.3 is 6.03 Å². The smallest absolute Gasteiger partial charge is 0.317 e. The number of urea groups is 1. The number of aryl methyl sites for hydroxylation is 1. The molecule has 1 aliphatic rings. The Kier molecular flexibility index (Phi) is 5.04. The Morgan fingerprint density at radius 1 is 1.21 bits per heavy atom. The lowest BCUT2D eigenvalue weighted by atomic mass is 10.0. The van der Waals surface area contributed by atoms with E-state index >= 15 is 0 Å². The molecule has 0 atom stereocenters. The van der Waals surface area contributed by atoms with E-state index in [9.17, 15) is 4.79 Å². The van der Waals surface area contributed by atoms with Crippen LogP contribution in [0.3, 0.4) is 0 Å². The van der Waals surface area contributed by atoms with Crippen LogP contribution in [0.15, 0.2) is 42.5 Å². The van der Waals surface area contributed by atoms with E-state index in [0.717, 1.165) is 30.7 Å². The molecule has 0 unspecified atom stereocenters. The minimum absolute atomic E-state index is 0.0103. The zero-order chi connectivity index (χ0) is 16.9. The molecule has 1 N–H and O–H groups in total. The number of fused-ring (bicyclic) bond motifs is 1. The third kappa shape index (κ3) is 3.70. The average molecular weight is 324 g/mol. The van der Waals surface area contributed by atoms with Gasteiger partial charge in [0.1, 0.15) is 5.75 Å². The fourth-order valence-corrected chi connectivity index (χ4v) is 3.19. The predicted molar refractivity (Wildman–Crippen MR) is 95.4 cm³/mol. The van der Waals surface area contributed by atoms with E-state index in [1.807, 2.05) is 23.1 Å². The summed E-state index contributed by atoms with van der Waals surface area (Å²) in [6.45, 7) is 4.13. The Hall–Kier alpha value is -2.49. The number of nitrogens with one attached hydrogen (secondary N) is 1. The van der Waals surface area contributed by atoms with E-state index in [1.165, 1.54) is 16.7 Å². The van der Waals surface area contributed by atoms with E-state index in [0.29, 0.717) is 13.1 Å². The number of benzene rings is 2. The van der Waals surface area contributed by atoms with Gasteiger partial charge in [-0.3, -0.25) is 0 Å². The summed E-state index contributed by atoms with van der Waals surface area (Å²) in [6.07, 6.45) is 1.69. The molecular weight excluding hydrogens is 300 g/mol. The zero-order valence-electron chi connectivity index (χ0n) is 14.3. The van der Waals surface area contributed by atoms with E-state index in [-0.39, 0.29) is 6.03 Å². The van der Waals surface area contributed by atoms with Gasteiger partial charge in [0.05, 0.1) is 7.11 Å². The minimum atomic E-state index is 0.0103. The lowest BCUT2D eigenvalue weighted by Gasteiger charge is -2.29. The molecule has 24 heavy (non-hydrogen) atoms. The number of methoxy groups -OCH3 is 1. The zero-order valence-corrected chi connectivity index (χ0v) is 14.3. The summed E-state index contributed by atoms with van der Waals surface area (Å²) in [4.78, 5) is 14.3. The molecule has 0 saturated heterocycles. The molecule has 0 aliphatic carbocycles. The Labute approximate surface area is 143 Å². The molecule has 1 heterocycles. The number of ether oxygens (including phenoxy) is 1. The van der Waals surface area contributed by atoms with Crippen LogP contribution in [0.2, 0.25) is 0 Å². The van der Waals surface area contributed by atoms with Crippen molar-refractivity contribution in [1.82, 2.24) is 10.2 Å². The number of amides is 2. The number of carbonyl (C=O) groups excluding carboxylic acids is 1. The Balaban J connectivity index is 1.54. The van der Waals surface area contributed by atoms with Crippen molar-refractivity contribution >= 4 is 6.03 Å². The van der Waals surface area contributed by atoms with Gasteiger partial charge in [-0.25, -0.2) is 4.79 Å². The van der Waals surface area contributed by atoms with Crippen LogP contribution < -0.4 is 10.1 Å². The molecule has 2 amide bonds. The van der Waals surface area contributed by atoms with Gasteiger partial charge < -0.3 is 15.0 Å². The Morgan fingerprint density at radius 2 is 2.00 bits per heavy atom. The molecule has 2 aromatic rings. The van der Waals surface area contributed by atoms with Crippen molar-refractivity contribution in [2.75, 3.05) is 20.2 Å². The van der Waals surface area contributed by atoms with Crippen LogP contribution in [0.5, 0.6) is 5.75 Å². The van der Waals surface area contributed by atoms with Gasteiger partial charge in [0.15, 0.2) is 0 Å². The van der Waals surface area contributed by atoms with Crippen LogP contribution in [0.1, 0.15) is 22.3 Å². The highest BCUT2D eigenvalue weighted by molar-refractivity contribution is 5.74. The highest BCUT2D eigenvalue weighted by Crippen LogP contribution is 2.20. The molecule has 0 aromatic heterocycles. The molecule has 0 bridgehead atoms. The van der Waals surface area contributed by atoms with Crippen LogP contribution in [-0.2, 0) is 19.4 Å². The van der Waals surface area contributed by atoms with Crippen molar-refractivity contribution < 1.29 is 9.53 Å². The second-order valence-electron chi connectivity index (χ2n) is 6.24. The predicted octanol–water partition coefficient (Wildman–Crippen LogP) is 3.31. The summed E-state index contributed by atoms with van der Waals surface area (Å²) in [5, 5.41) is 3.03. The van der Waals surface area contributed by atoms with E-state index in [4.69, 9.17) is 4.74 Å². The van der Waals surface area contributed by atoms with Crippen molar-refractivity contribution in [1.29, 1.82) is 0 Å². The number of hydrogen-bond acceptors (Lipinski definition) is 2. The summed E-state index contributed by atoms with van der Waals surface area (Å²) < 4.78 is 5.39. The molecule has 0 saturated carbocycles. The van der Waals surface area contributed by atoms with Gasteiger partial charge in [-0.2, -0.15) is 0 Å². The number of hydrogen-bond donors (Lipinski definition) is 1. The van der Waals surface area contributed by atoms with Crippen LogP contribution in [0.4, 0.5) is 4.79 Å². The first-order valence-electron chi connectivity index (χ1n) is 8.40. The molecule has 0 fully saturated rings. The second kappa shape index (κ2) is 7.39. The van der Waals surface area contributed by atoms with Crippen LogP contribution in [0, 0.1) is 6.92 Å². The van der Waals surface area contributed by atoms with Crippen molar-refractivity contribution in [2.24, 2.45) is 0 Å². The monoisotopic (exact) mass is 324 g/mol. The van der Waals surface area contributed by atoms with Crippen LogP contribution in [-0.4, -0.2) is 31.1 Å². The summed E-state index contributed by atoms with van der Waals surface area (Å²) in [7, 11) is 1.68. The molecule has 3 rings (SSSR count). The fraction of sp³-hybridized carbons (Fsp3) is 0.350. The lowest BCUT2D eigenvalue weighted by Crippen LogP contribution is -2.43. The maximum atomic E-state index is 12.4. The summed E-state index contributed by atoms with van der Waals surface area (Å²) >= 11 is 0. The molecule has 1 aliphatic heterocycles. The van der Waals surface area contributed by atoms with E-state index < -0.39 is 0 Å². The van der Waals surface area contributed by atoms with Gasteiger partial charge in [-0.05, 0) is 42.5 Å². The molecule has 2 aromatic carbocycles. The van der Waals surface area contributed by atoms with Crippen molar-refractivity contribution in [3.05, 3.63) is 64.7 Å². The summed E-state index contributed by atoms with van der Waals surface area (Å²) in [6, 6.07) is 14.5.